The minimum Gasteiger partial charge on any atom is -0.505 e. The average Bonchev–Trinajstić information content (AvgIpc) is 3.22. The summed E-state index contributed by atoms with van der Waals surface area (Å²) in [5, 5.41) is 18.9. The molecule has 36 heavy (non-hydrogen) atoms. The Labute approximate surface area is 205 Å². The van der Waals surface area contributed by atoms with E-state index in [4.69, 9.17) is 28.1 Å². The van der Waals surface area contributed by atoms with E-state index in [0.29, 0.717) is 17.0 Å². The number of aromatic hydroxyl groups is 1. The van der Waals surface area contributed by atoms with E-state index in [-0.39, 0.29) is 22.4 Å². The van der Waals surface area contributed by atoms with Crippen molar-refractivity contribution in [2.45, 2.75) is 51.0 Å². The Hall–Kier alpha value is -3.96. The van der Waals surface area contributed by atoms with Gasteiger partial charge in [-0.05, 0) is 45.0 Å². The zero-order valence-corrected chi connectivity index (χ0v) is 20.0. The van der Waals surface area contributed by atoms with Crippen molar-refractivity contribution in [1.82, 2.24) is 0 Å². The number of fused-ring (bicyclic) bond motifs is 2. The molecule has 2 fully saturated rings. The first-order chi connectivity index (χ1) is 17.2. The number of nitrogens with zero attached hydrogens (tertiary/aromatic N) is 2. The third kappa shape index (κ3) is 4.06. The van der Waals surface area contributed by atoms with E-state index in [1.54, 1.807) is 51.1 Å². The predicted octanol–water partition coefficient (Wildman–Crippen LogP) is 4.66. The molecule has 0 spiro atoms. The molecule has 2 saturated heterocycles. The molecule has 3 aromatic rings. The fourth-order valence-corrected chi connectivity index (χ4v) is 4.47. The lowest BCUT2D eigenvalue weighted by atomic mass is 9.89. The predicted molar refractivity (Wildman–Crippen MR) is 125 cm³/mol. The van der Waals surface area contributed by atoms with Gasteiger partial charge in [-0.3, -0.25) is 0 Å². The summed E-state index contributed by atoms with van der Waals surface area (Å²) in [5.41, 5.74) is -1.02. The number of azo groups is 1. The molecule has 2 aromatic carbocycles. The number of benzene rings is 2. The largest absolute Gasteiger partial charge is 0.509 e. The first kappa shape index (κ1) is 23.8. The van der Waals surface area contributed by atoms with Gasteiger partial charge < -0.3 is 33.2 Å². The number of methoxy groups -OCH3 is 1. The van der Waals surface area contributed by atoms with Crippen LogP contribution in [0.15, 0.2) is 61.9 Å². The second-order valence-corrected chi connectivity index (χ2v) is 8.97. The van der Waals surface area contributed by atoms with E-state index in [1.807, 2.05) is 6.07 Å². The molecule has 11 heteroatoms. The number of aryl methyl sites for hydroxylation is 1. The van der Waals surface area contributed by atoms with Gasteiger partial charge in [0.25, 0.3) is 0 Å². The summed E-state index contributed by atoms with van der Waals surface area (Å²) in [6.45, 7) is 5.23. The summed E-state index contributed by atoms with van der Waals surface area (Å²) in [5.74, 6) is -0.0752. The standard InChI is InChI=1S/C25H24N2O9/c1-12-15(32-23-20-19(34-24(30)35-20)21(31-4)25(2,3)36-23)11-10-14-17(28)16(22(29)33-18(12)14)27-26-13-8-6-5-7-9-13/h5-11,19-21,23,28H,1-4H3/t19?,20-,21+,23?/m0/s1. The molecule has 2 aliphatic heterocycles. The lowest BCUT2D eigenvalue weighted by Crippen LogP contribution is -2.62. The molecule has 1 aromatic heterocycles. The van der Waals surface area contributed by atoms with Gasteiger partial charge in [-0.1, -0.05) is 18.2 Å². The highest BCUT2D eigenvalue weighted by atomic mass is 16.8. The molecule has 0 amide bonds. The summed E-state index contributed by atoms with van der Waals surface area (Å²) in [4.78, 5) is 24.5. The Morgan fingerprint density at radius 1 is 1.00 bits per heavy atom. The fourth-order valence-electron chi connectivity index (χ4n) is 4.47. The van der Waals surface area contributed by atoms with Crippen LogP contribution < -0.4 is 10.4 Å². The third-order valence-electron chi connectivity index (χ3n) is 6.20. The van der Waals surface area contributed by atoms with Crippen LogP contribution in [0.4, 0.5) is 16.2 Å². The van der Waals surface area contributed by atoms with Crippen molar-refractivity contribution < 1.29 is 38.0 Å². The zero-order chi connectivity index (χ0) is 25.6. The Balaban J connectivity index is 1.48. The smallest absolute Gasteiger partial charge is 0.505 e. The quantitative estimate of drug-likeness (QED) is 0.304. The van der Waals surface area contributed by atoms with Gasteiger partial charge in [0.1, 0.15) is 17.4 Å². The molecule has 2 aliphatic rings. The van der Waals surface area contributed by atoms with Crippen molar-refractivity contribution in [3.63, 3.8) is 0 Å². The van der Waals surface area contributed by atoms with Crippen LogP contribution in [0, 0.1) is 6.92 Å². The molecular weight excluding hydrogens is 472 g/mol. The van der Waals surface area contributed by atoms with Crippen LogP contribution in [0.2, 0.25) is 0 Å². The Morgan fingerprint density at radius 3 is 2.44 bits per heavy atom. The van der Waals surface area contributed by atoms with E-state index in [9.17, 15) is 14.7 Å². The normalized spacial score (nSPS) is 24.9. The summed E-state index contributed by atoms with van der Waals surface area (Å²) in [7, 11) is 1.50. The topological polar surface area (TPSA) is 138 Å². The van der Waals surface area contributed by atoms with E-state index in [1.165, 1.54) is 13.2 Å². The van der Waals surface area contributed by atoms with Crippen molar-refractivity contribution in [3.8, 4) is 11.5 Å². The van der Waals surface area contributed by atoms with Gasteiger partial charge in [-0.15, -0.1) is 5.11 Å². The van der Waals surface area contributed by atoms with Crippen molar-refractivity contribution in [1.29, 1.82) is 0 Å². The molecule has 0 bridgehead atoms. The van der Waals surface area contributed by atoms with Crippen LogP contribution in [0.1, 0.15) is 19.4 Å². The van der Waals surface area contributed by atoms with Gasteiger partial charge in [0, 0.05) is 12.7 Å². The van der Waals surface area contributed by atoms with Gasteiger partial charge in [-0.2, -0.15) is 5.11 Å². The van der Waals surface area contributed by atoms with E-state index in [2.05, 4.69) is 10.2 Å². The van der Waals surface area contributed by atoms with Crippen molar-refractivity contribution in [2.75, 3.05) is 7.11 Å². The number of hydrogen-bond acceptors (Lipinski definition) is 11. The Morgan fingerprint density at radius 2 is 1.72 bits per heavy atom. The molecular formula is C25H24N2O9. The number of carbonyl (C=O) groups excluding carboxylic acids is 1. The highest BCUT2D eigenvalue weighted by Gasteiger charge is 2.59. The molecule has 188 valence electrons. The number of rotatable bonds is 5. The van der Waals surface area contributed by atoms with E-state index < -0.39 is 42.0 Å². The lowest BCUT2D eigenvalue weighted by Gasteiger charge is -2.45. The highest BCUT2D eigenvalue weighted by Crippen LogP contribution is 2.41. The highest BCUT2D eigenvalue weighted by molar-refractivity contribution is 5.90. The second kappa shape index (κ2) is 8.92. The van der Waals surface area contributed by atoms with Gasteiger partial charge >= 0.3 is 11.8 Å². The van der Waals surface area contributed by atoms with Crippen molar-refractivity contribution in [2.24, 2.45) is 10.2 Å². The van der Waals surface area contributed by atoms with Crippen LogP contribution in [0.25, 0.3) is 11.0 Å². The number of ether oxygens (including phenoxy) is 5. The van der Waals surface area contributed by atoms with Crippen LogP contribution in [0.5, 0.6) is 11.5 Å². The van der Waals surface area contributed by atoms with Gasteiger partial charge in [0.05, 0.1) is 16.7 Å². The summed E-state index contributed by atoms with van der Waals surface area (Å²) < 4.78 is 33.7. The molecule has 3 heterocycles. The fraction of sp³-hybridized carbons (Fsp3) is 0.360. The first-order valence-corrected chi connectivity index (χ1v) is 11.2. The summed E-state index contributed by atoms with van der Waals surface area (Å²) in [6, 6.07) is 11.9. The molecule has 11 nitrogen and oxygen atoms in total. The summed E-state index contributed by atoms with van der Waals surface area (Å²) in [6.07, 6.45) is -4.07. The van der Waals surface area contributed by atoms with Crippen molar-refractivity contribution in [3.05, 3.63) is 58.4 Å². The van der Waals surface area contributed by atoms with Gasteiger partial charge in [-0.25, -0.2) is 9.59 Å². The van der Waals surface area contributed by atoms with Crippen LogP contribution in [-0.4, -0.2) is 48.6 Å². The molecule has 5 rings (SSSR count). The zero-order valence-electron chi connectivity index (χ0n) is 20.0. The maximum atomic E-state index is 12.6. The maximum absolute atomic E-state index is 12.6. The first-order valence-electron chi connectivity index (χ1n) is 11.2. The minimum absolute atomic E-state index is 0.106. The Bertz CT molecular complexity index is 1400. The third-order valence-corrected chi connectivity index (χ3v) is 6.20. The van der Waals surface area contributed by atoms with Gasteiger partial charge in [0.2, 0.25) is 18.1 Å². The van der Waals surface area contributed by atoms with Crippen LogP contribution in [0.3, 0.4) is 0 Å². The van der Waals surface area contributed by atoms with Crippen LogP contribution in [-0.2, 0) is 18.9 Å². The second-order valence-electron chi connectivity index (χ2n) is 8.97. The lowest BCUT2D eigenvalue weighted by molar-refractivity contribution is -0.282. The number of hydrogen-bond donors (Lipinski definition) is 1. The SMILES string of the molecule is CO[C@@H]1C2OC(=O)O[C@@H]2C(Oc2ccc3c(O)c(N=Nc4ccccc4)c(=O)oc3c2C)OC1(C)C. The summed E-state index contributed by atoms with van der Waals surface area (Å²) >= 11 is 0. The number of carbonyl (C=O) groups is 1. The van der Waals surface area contributed by atoms with Crippen molar-refractivity contribution >= 4 is 28.5 Å². The molecule has 1 N–H and O–H groups in total. The molecule has 0 saturated carbocycles. The Kier molecular flexibility index (Phi) is 5.89. The van der Waals surface area contributed by atoms with E-state index >= 15 is 0 Å². The minimum atomic E-state index is -1.03. The van der Waals surface area contributed by atoms with E-state index in [0.717, 1.165) is 0 Å². The van der Waals surface area contributed by atoms with Gasteiger partial charge in [0.15, 0.2) is 11.9 Å². The maximum Gasteiger partial charge on any atom is 0.509 e. The monoisotopic (exact) mass is 496 g/mol. The molecule has 0 radical (unpaired) electrons. The molecule has 0 aliphatic carbocycles. The average molecular weight is 496 g/mol. The molecule has 4 atom stereocenters. The molecule has 2 unspecified atom stereocenters. The van der Waals surface area contributed by atoms with Crippen LogP contribution >= 0.6 is 0 Å².